The third-order valence-electron chi connectivity index (χ3n) is 4.31. The smallest absolute Gasteiger partial charge is 0.329 e. The van der Waals surface area contributed by atoms with Gasteiger partial charge in [0.25, 0.3) is 0 Å². The highest BCUT2D eigenvalue weighted by molar-refractivity contribution is 5.83. The van der Waals surface area contributed by atoms with E-state index in [-0.39, 0.29) is 5.41 Å². The lowest BCUT2D eigenvalue weighted by molar-refractivity contribution is -0.145. The average Bonchev–Trinajstić information content (AvgIpc) is 2.29. The molecule has 0 aliphatic heterocycles. The van der Waals surface area contributed by atoms with Crippen molar-refractivity contribution in [3.63, 3.8) is 0 Å². The van der Waals surface area contributed by atoms with E-state index in [2.05, 4.69) is 26.1 Å². The van der Waals surface area contributed by atoms with Crippen LogP contribution in [0.5, 0.6) is 0 Å². The number of aliphatic carboxylic acids is 1. The van der Waals surface area contributed by atoms with E-state index in [9.17, 15) is 9.90 Å². The average molecular weight is 275 g/mol. The molecular weight excluding hydrogens is 250 g/mol. The van der Waals surface area contributed by atoms with Crippen molar-refractivity contribution in [3.8, 4) is 0 Å². The maximum Gasteiger partial charge on any atom is 0.329 e. The summed E-state index contributed by atoms with van der Waals surface area (Å²) in [6, 6.07) is 7.89. The number of anilines is 1. The molecule has 0 amide bonds. The van der Waals surface area contributed by atoms with Crippen LogP contribution in [0.4, 0.5) is 5.69 Å². The zero-order chi connectivity index (χ0) is 15.0. The molecule has 2 atom stereocenters. The van der Waals surface area contributed by atoms with Gasteiger partial charge in [0.15, 0.2) is 0 Å². The first-order valence-corrected chi connectivity index (χ1v) is 7.31. The second kappa shape index (κ2) is 5.12. The first kappa shape index (κ1) is 14.9. The van der Waals surface area contributed by atoms with Gasteiger partial charge in [0.2, 0.25) is 0 Å². The fourth-order valence-electron chi connectivity index (χ4n) is 3.85. The van der Waals surface area contributed by atoms with Crippen LogP contribution in [0.15, 0.2) is 24.3 Å². The summed E-state index contributed by atoms with van der Waals surface area (Å²) in [5, 5.41) is 13.2. The number of carboxylic acid groups (broad SMARTS) is 1. The third-order valence-corrected chi connectivity index (χ3v) is 4.31. The predicted octanol–water partition coefficient (Wildman–Crippen LogP) is 4.08. The minimum Gasteiger partial charge on any atom is -0.480 e. The van der Waals surface area contributed by atoms with Crippen molar-refractivity contribution in [3.05, 3.63) is 29.8 Å². The first-order chi connectivity index (χ1) is 9.24. The minimum absolute atomic E-state index is 0.0474. The van der Waals surface area contributed by atoms with E-state index in [1.165, 1.54) is 0 Å². The number of hydrogen-bond acceptors (Lipinski definition) is 2. The number of carbonyl (C=O) groups is 1. The van der Waals surface area contributed by atoms with Crippen molar-refractivity contribution >= 4 is 11.7 Å². The lowest BCUT2D eigenvalue weighted by Crippen LogP contribution is -2.53. The largest absolute Gasteiger partial charge is 0.480 e. The van der Waals surface area contributed by atoms with Crippen LogP contribution >= 0.6 is 0 Å². The molecule has 1 aromatic rings. The van der Waals surface area contributed by atoms with Crippen molar-refractivity contribution in [1.29, 1.82) is 0 Å². The number of nitrogens with one attached hydrogen (secondary N) is 1. The summed E-state index contributed by atoms with van der Waals surface area (Å²) < 4.78 is 0. The molecule has 3 heteroatoms. The standard InChI is InChI=1S/C17H25NO2/c1-12-9-16(3,4)11-17(10-12,15(19)20)18-14-8-6-5-7-13(14)2/h5-8,12,18H,9-11H2,1-4H3,(H,19,20). The number of benzene rings is 1. The lowest BCUT2D eigenvalue weighted by Gasteiger charge is -2.46. The predicted molar refractivity (Wildman–Crippen MR) is 82.0 cm³/mol. The fraction of sp³-hybridized carbons (Fsp3) is 0.588. The van der Waals surface area contributed by atoms with Gasteiger partial charge in [-0.3, -0.25) is 0 Å². The normalized spacial score (nSPS) is 28.9. The molecule has 2 unspecified atom stereocenters. The Labute approximate surface area is 121 Å². The maximum absolute atomic E-state index is 12.0. The van der Waals surface area contributed by atoms with Crippen LogP contribution in [0.3, 0.4) is 0 Å². The first-order valence-electron chi connectivity index (χ1n) is 7.31. The summed E-state index contributed by atoms with van der Waals surface area (Å²) >= 11 is 0. The molecule has 1 fully saturated rings. The molecule has 0 saturated heterocycles. The van der Waals surface area contributed by atoms with Gasteiger partial charge >= 0.3 is 5.97 Å². The number of hydrogen-bond donors (Lipinski definition) is 2. The van der Waals surface area contributed by atoms with E-state index in [1.807, 2.05) is 31.2 Å². The fourth-order valence-corrected chi connectivity index (χ4v) is 3.85. The molecule has 0 heterocycles. The second-order valence-corrected chi connectivity index (χ2v) is 7.18. The summed E-state index contributed by atoms with van der Waals surface area (Å²) in [6.07, 6.45) is 2.42. The van der Waals surface area contributed by atoms with Gasteiger partial charge in [0.1, 0.15) is 5.54 Å². The highest BCUT2D eigenvalue weighted by atomic mass is 16.4. The topological polar surface area (TPSA) is 49.3 Å². The Kier molecular flexibility index (Phi) is 3.81. The van der Waals surface area contributed by atoms with Gasteiger partial charge in [0, 0.05) is 5.69 Å². The van der Waals surface area contributed by atoms with E-state index < -0.39 is 11.5 Å². The van der Waals surface area contributed by atoms with E-state index in [0.29, 0.717) is 18.8 Å². The van der Waals surface area contributed by atoms with Gasteiger partial charge in [-0.1, -0.05) is 39.0 Å². The van der Waals surface area contributed by atoms with Gasteiger partial charge in [-0.15, -0.1) is 0 Å². The quantitative estimate of drug-likeness (QED) is 0.874. The monoisotopic (exact) mass is 275 g/mol. The molecule has 3 nitrogen and oxygen atoms in total. The molecule has 2 N–H and O–H groups in total. The lowest BCUT2D eigenvalue weighted by atomic mass is 9.64. The van der Waals surface area contributed by atoms with Crippen molar-refractivity contribution in [1.82, 2.24) is 0 Å². The Morgan fingerprint density at radius 1 is 1.30 bits per heavy atom. The van der Waals surface area contributed by atoms with Crippen molar-refractivity contribution < 1.29 is 9.90 Å². The minimum atomic E-state index is -0.854. The number of rotatable bonds is 3. The number of para-hydroxylation sites is 1. The maximum atomic E-state index is 12.0. The summed E-state index contributed by atoms with van der Waals surface area (Å²) in [4.78, 5) is 12.0. The van der Waals surface area contributed by atoms with Crippen LogP contribution in [0, 0.1) is 18.3 Å². The summed E-state index contributed by atoms with van der Waals surface area (Å²) in [6.45, 7) is 8.49. The van der Waals surface area contributed by atoms with Crippen molar-refractivity contribution in [2.24, 2.45) is 11.3 Å². The van der Waals surface area contributed by atoms with Gasteiger partial charge < -0.3 is 10.4 Å². The molecule has 0 spiro atoms. The van der Waals surface area contributed by atoms with E-state index in [1.54, 1.807) is 0 Å². The molecule has 1 aliphatic rings. The summed E-state index contributed by atoms with van der Waals surface area (Å²) in [5.74, 6) is -0.327. The van der Waals surface area contributed by atoms with Crippen LogP contribution in [-0.4, -0.2) is 16.6 Å². The Bertz CT molecular complexity index is 509. The summed E-state index contributed by atoms with van der Waals surface area (Å²) in [7, 11) is 0. The Morgan fingerprint density at radius 2 is 1.95 bits per heavy atom. The number of carboxylic acids is 1. The van der Waals surface area contributed by atoms with Crippen LogP contribution in [0.2, 0.25) is 0 Å². The highest BCUT2D eigenvalue weighted by Gasteiger charge is 2.48. The molecule has 0 aromatic heterocycles. The molecule has 0 bridgehead atoms. The second-order valence-electron chi connectivity index (χ2n) is 7.18. The molecule has 0 radical (unpaired) electrons. The van der Waals surface area contributed by atoms with Crippen LogP contribution in [-0.2, 0) is 4.79 Å². The Balaban J connectivity index is 2.36. The molecule has 2 rings (SSSR count). The van der Waals surface area contributed by atoms with Gasteiger partial charge in [0.05, 0.1) is 0 Å². The zero-order valence-electron chi connectivity index (χ0n) is 12.9. The third kappa shape index (κ3) is 2.97. The molecule has 110 valence electrons. The molecular formula is C17H25NO2. The Hall–Kier alpha value is -1.51. The van der Waals surface area contributed by atoms with Crippen LogP contribution < -0.4 is 5.32 Å². The van der Waals surface area contributed by atoms with Gasteiger partial charge in [-0.25, -0.2) is 4.79 Å². The van der Waals surface area contributed by atoms with Crippen LogP contribution in [0.25, 0.3) is 0 Å². The Morgan fingerprint density at radius 3 is 2.50 bits per heavy atom. The van der Waals surface area contributed by atoms with Crippen molar-refractivity contribution in [2.45, 2.75) is 52.5 Å². The van der Waals surface area contributed by atoms with Gasteiger partial charge in [-0.2, -0.15) is 0 Å². The molecule has 1 aromatic carbocycles. The van der Waals surface area contributed by atoms with Gasteiger partial charge in [-0.05, 0) is 49.1 Å². The SMILES string of the molecule is Cc1ccccc1NC1(C(=O)O)CC(C)CC(C)(C)C1. The van der Waals surface area contributed by atoms with Crippen molar-refractivity contribution in [2.75, 3.05) is 5.32 Å². The zero-order valence-corrected chi connectivity index (χ0v) is 12.9. The van der Waals surface area contributed by atoms with E-state index in [0.717, 1.165) is 17.7 Å². The number of aryl methyl sites for hydroxylation is 1. The molecule has 20 heavy (non-hydrogen) atoms. The van der Waals surface area contributed by atoms with Crippen LogP contribution in [0.1, 0.15) is 45.6 Å². The van der Waals surface area contributed by atoms with E-state index >= 15 is 0 Å². The van der Waals surface area contributed by atoms with E-state index in [4.69, 9.17) is 0 Å². The highest BCUT2D eigenvalue weighted by Crippen LogP contribution is 2.45. The molecule has 1 saturated carbocycles. The summed E-state index contributed by atoms with van der Waals surface area (Å²) in [5.41, 5.74) is 1.21. The molecule has 1 aliphatic carbocycles.